The molecule has 1 N–H and O–H groups in total. The van der Waals surface area contributed by atoms with Gasteiger partial charge >= 0.3 is 0 Å². The van der Waals surface area contributed by atoms with Crippen LogP contribution < -0.4 is 5.32 Å². The molecule has 88 valence electrons. The highest BCUT2D eigenvalue weighted by Gasteiger charge is 2.10. The maximum atomic E-state index is 4.57. The first-order valence-corrected chi connectivity index (χ1v) is 6.05. The average Bonchev–Trinajstić information content (AvgIpc) is 2.82. The molecule has 0 saturated heterocycles. The van der Waals surface area contributed by atoms with Crippen molar-refractivity contribution in [1.82, 2.24) is 0 Å². The molecule has 0 radical (unpaired) electrons. The van der Waals surface area contributed by atoms with Crippen molar-refractivity contribution >= 4 is 17.1 Å². The van der Waals surface area contributed by atoms with Gasteiger partial charge in [-0.2, -0.15) is 0 Å². The number of nitrogens with zero attached hydrogens (tertiary/aromatic N) is 1. The maximum absolute atomic E-state index is 4.57. The van der Waals surface area contributed by atoms with Gasteiger partial charge in [0.2, 0.25) is 0 Å². The quantitative estimate of drug-likeness (QED) is 0.854. The van der Waals surface area contributed by atoms with E-state index in [-0.39, 0.29) is 0 Å². The van der Waals surface area contributed by atoms with Crippen molar-refractivity contribution in [2.45, 2.75) is 6.42 Å². The highest BCUT2D eigenvalue weighted by atomic mass is 14.8. The maximum Gasteiger partial charge on any atom is 0.0669 e. The largest absolute Gasteiger partial charge is 0.362 e. The molecule has 0 aromatic heterocycles. The van der Waals surface area contributed by atoms with Gasteiger partial charge in [-0.15, -0.1) is 0 Å². The summed E-state index contributed by atoms with van der Waals surface area (Å²) in [4.78, 5) is 4.57. The smallest absolute Gasteiger partial charge is 0.0669 e. The molecule has 0 unspecified atom stereocenters. The number of hydrogen-bond donors (Lipinski definition) is 1. The number of fused-ring (bicyclic) bond motifs is 1. The van der Waals surface area contributed by atoms with E-state index < -0.39 is 0 Å². The molecule has 0 aliphatic carbocycles. The van der Waals surface area contributed by atoms with Crippen molar-refractivity contribution in [3.63, 3.8) is 0 Å². The molecule has 0 amide bonds. The molecule has 0 spiro atoms. The Balaban J connectivity index is 1.66. The second-order valence-corrected chi connectivity index (χ2v) is 4.25. The van der Waals surface area contributed by atoms with Gasteiger partial charge in [-0.25, -0.2) is 0 Å². The summed E-state index contributed by atoms with van der Waals surface area (Å²) < 4.78 is 0. The summed E-state index contributed by atoms with van der Waals surface area (Å²) >= 11 is 0. The SMILES string of the molecule is C(=C\C1=Nc2ccccc2C1)/Nc1ccccc1. The molecule has 0 bridgehead atoms. The van der Waals surface area contributed by atoms with Crippen molar-refractivity contribution < 1.29 is 0 Å². The van der Waals surface area contributed by atoms with Crippen LogP contribution in [0.15, 0.2) is 71.9 Å². The summed E-state index contributed by atoms with van der Waals surface area (Å²) in [7, 11) is 0. The number of benzene rings is 2. The van der Waals surface area contributed by atoms with E-state index in [2.05, 4.69) is 28.5 Å². The fourth-order valence-electron chi connectivity index (χ4n) is 2.02. The van der Waals surface area contributed by atoms with Gasteiger partial charge in [0.15, 0.2) is 0 Å². The lowest BCUT2D eigenvalue weighted by Gasteiger charge is -1.98. The fourth-order valence-corrected chi connectivity index (χ4v) is 2.02. The average molecular weight is 234 g/mol. The van der Waals surface area contributed by atoms with Crippen LogP contribution in [-0.2, 0) is 6.42 Å². The Morgan fingerprint density at radius 1 is 0.944 bits per heavy atom. The van der Waals surface area contributed by atoms with E-state index in [1.54, 1.807) is 0 Å². The third-order valence-electron chi connectivity index (χ3n) is 2.93. The minimum Gasteiger partial charge on any atom is -0.362 e. The summed E-state index contributed by atoms with van der Waals surface area (Å²) in [6, 6.07) is 18.4. The summed E-state index contributed by atoms with van der Waals surface area (Å²) in [6.45, 7) is 0. The van der Waals surface area contributed by atoms with Crippen LogP contribution in [-0.4, -0.2) is 5.71 Å². The lowest BCUT2D eigenvalue weighted by Crippen LogP contribution is -1.94. The van der Waals surface area contributed by atoms with Crippen LogP contribution in [0.3, 0.4) is 0 Å². The zero-order valence-electron chi connectivity index (χ0n) is 10.0. The topological polar surface area (TPSA) is 24.4 Å². The zero-order valence-corrected chi connectivity index (χ0v) is 10.0. The Labute approximate surface area is 107 Å². The Hall–Kier alpha value is -2.35. The molecular formula is C16H14N2. The highest BCUT2D eigenvalue weighted by molar-refractivity contribution is 6.02. The molecule has 2 aromatic carbocycles. The molecule has 0 atom stereocenters. The van der Waals surface area contributed by atoms with E-state index in [9.17, 15) is 0 Å². The first-order valence-electron chi connectivity index (χ1n) is 6.05. The number of para-hydroxylation sites is 2. The Morgan fingerprint density at radius 2 is 1.72 bits per heavy atom. The van der Waals surface area contributed by atoms with Crippen molar-refractivity contribution in [3.8, 4) is 0 Å². The fraction of sp³-hybridized carbons (Fsp3) is 0.0625. The third kappa shape index (κ3) is 2.33. The zero-order chi connectivity index (χ0) is 12.2. The Bertz CT molecular complexity index is 598. The first kappa shape index (κ1) is 10.8. The molecule has 3 rings (SSSR count). The summed E-state index contributed by atoms with van der Waals surface area (Å²) in [5, 5.41) is 3.24. The summed E-state index contributed by atoms with van der Waals surface area (Å²) in [6.07, 6.45) is 4.90. The molecule has 2 aromatic rings. The summed E-state index contributed by atoms with van der Waals surface area (Å²) in [5.74, 6) is 0. The molecule has 18 heavy (non-hydrogen) atoms. The molecule has 0 fully saturated rings. The lowest BCUT2D eigenvalue weighted by molar-refractivity contribution is 1.40. The van der Waals surface area contributed by atoms with Crippen LogP contribution in [0, 0.1) is 0 Å². The van der Waals surface area contributed by atoms with Gasteiger partial charge in [-0.05, 0) is 29.8 Å². The number of hydrogen-bond acceptors (Lipinski definition) is 2. The van der Waals surface area contributed by atoms with E-state index in [1.807, 2.05) is 48.7 Å². The molecule has 1 aliphatic heterocycles. The number of aliphatic imine (C=N–C) groups is 1. The van der Waals surface area contributed by atoms with Gasteiger partial charge in [-0.3, -0.25) is 4.99 Å². The Kier molecular flexibility index (Phi) is 2.92. The summed E-state index contributed by atoms with van der Waals surface area (Å²) in [5.41, 5.74) is 4.58. The third-order valence-corrected chi connectivity index (χ3v) is 2.93. The molecule has 1 heterocycles. The number of allylic oxidation sites excluding steroid dienone is 1. The van der Waals surface area contributed by atoms with Crippen molar-refractivity contribution in [1.29, 1.82) is 0 Å². The first-order chi connectivity index (χ1) is 8.92. The van der Waals surface area contributed by atoms with E-state index in [0.717, 1.165) is 23.5 Å². The van der Waals surface area contributed by atoms with Gasteiger partial charge < -0.3 is 5.32 Å². The van der Waals surface area contributed by atoms with E-state index in [4.69, 9.17) is 0 Å². The predicted molar refractivity (Wildman–Crippen MR) is 76.4 cm³/mol. The Morgan fingerprint density at radius 3 is 2.56 bits per heavy atom. The van der Waals surface area contributed by atoms with Gasteiger partial charge in [0, 0.05) is 24.0 Å². The van der Waals surface area contributed by atoms with Crippen molar-refractivity contribution in [2.75, 3.05) is 5.32 Å². The molecular weight excluding hydrogens is 220 g/mol. The highest BCUT2D eigenvalue weighted by Crippen LogP contribution is 2.26. The standard InChI is InChI=1S/C16H14N2/c1-2-7-14(8-3-1)17-11-10-15-12-13-6-4-5-9-16(13)18-15/h1-11,17H,12H2/b11-10+. The van der Waals surface area contributed by atoms with E-state index >= 15 is 0 Å². The molecule has 2 heteroatoms. The number of anilines is 1. The van der Waals surface area contributed by atoms with Gasteiger partial charge in [0.1, 0.15) is 0 Å². The van der Waals surface area contributed by atoms with Crippen LogP contribution in [0.5, 0.6) is 0 Å². The van der Waals surface area contributed by atoms with Crippen LogP contribution in [0.25, 0.3) is 0 Å². The van der Waals surface area contributed by atoms with Gasteiger partial charge in [0.05, 0.1) is 5.69 Å². The second-order valence-electron chi connectivity index (χ2n) is 4.25. The van der Waals surface area contributed by atoms with E-state index in [0.29, 0.717) is 0 Å². The van der Waals surface area contributed by atoms with Crippen LogP contribution >= 0.6 is 0 Å². The van der Waals surface area contributed by atoms with Crippen molar-refractivity contribution in [3.05, 3.63) is 72.4 Å². The minimum atomic E-state index is 0.920. The van der Waals surface area contributed by atoms with Crippen LogP contribution in [0.1, 0.15) is 5.56 Å². The predicted octanol–water partition coefficient (Wildman–Crippen LogP) is 3.94. The molecule has 0 saturated carbocycles. The van der Waals surface area contributed by atoms with Crippen molar-refractivity contribution in [2.24, 2.45) is 4.99 Å². The molecule has 2 nitrogen and oxygen atoms in total. The number of nitrogens with one attached hydrogen (secondary N) is 1. The second kappa shape index (κ2) is 4.88. The van der Waals surface area contributed by atoms with Gasteiger partial charge in [0.25, 0.3) is 0 Å². The normalized spacial score (nSPS) is 13.4. The van der Waals surface area contributed by atoms with E-state index in [1.165, 1.54) is 5.56 Å². The van der Waals surface area contributed by atoms with Crippen LogP contribution in [0.4, 0.5) is 11.4 Å². The molecule has 1 aliphatic rings. The van der Waals surface area contributed by atoms with Gasteiger partial charge in [-0.1, -0.05) is 36.4 Å². The monoisotopic (exact) mass is 234 g/mol. The minimum absolute atomic E-state index is 0.920. The number of rotatable bonds is 3. The lowest BCUT2D eigenvalue weighted by atomic mass is 10.1. The van der Waals surface area contributed by atoms with Crippen LogP contribution in [0.2, 0.25) is 0 Å².